The summed E-state index contributed by atoms with van der Waals surface area (Å²) in [5, 5.41) is 0. The van der Waals surface area contributed by atoms with Gasteiger partial charge in [-0.3, -0.25) is 4.79 Å². The summed E-state index contributed by atoms with van der Waals surface area (Å²) in [6.45, 7) is 0. The topological polar surface area (TPSA) is 52.3 Å². The van der Waals surface area contributed by atoms with E-state index in [9.17, 15) is 4.79 Å². The van der Waals surface area contributed by atoms with Gasteiger partial charge in [0.1, 0.15) is 6.29 Å². The molecule has 3 nitrogen and oxygen atoms in total. The fourth-order valence-electron chi connectivity index (χ4n) is 1.33. The van der Waals surface area contributed by atoms with Gasteiger partial charge in [0.25, 0.3) is 0 Å². The molecule has 13 heavy (non-hydrogen) atoms. The van der Waals surface area contributed by atoms with Crippen molar-refractivity contribution in [3.63, 3.8) is 0 Å². The Labute approximate surface area is 77.2 Å². The second kappa shape index (κ2) is 3.44. The van der Waals surface area contributed by atoms with Gasteiger partial charge in [-0.1, -0.05) is 12.2 Å². The molecule has 2 unspecified atom stereocenters. The van der Waals surface area contributed by atoms with Crippen molar-refractivity contribution in [1.29, 1.82) is 0 Å². The molecule has 0 bridgehead atoms. The number of hydrogen-bond acceptors (Lipinski definition) is 3. The molecule has 1 saturated carbocycles. The monoisotopic (exact) mass is 179 g/mol. The summed E-state index contributed by atoms with van der Waals surface area (Å²) >= 11 is 0. The lowest BCUT2D eigenvalue weighted by atomic mass is 10.0. The zero-order valence-corrected chi connectivity index (χ0v) is 7.35. The Kier molecular flexibility index (Phi) is 2.29. The average molecular weight is 179 g/mol. The molecule has 1 fully saturated rings. The highest BCUT2D eigenvalue weighted by Gasteiger charge is 2.26. The summed E-state index contributed by atoms with van der Waals surface area (Å²) < 4.78 is 5.60. The Morgan fingerprint density at radius 2 is 2.23 bits per heavy atom. The molecule has 0 radical (unpaired) electrons. The van der Waals surface area contributed by atoms with Crippen LogP contribution in [0.25, 0.3) is 0 Å². The van der Waals surface area contributed by atoms with Crippen LogP contribution >= 0.6 is 0 Å². The Bertz CT molecular complexity index is 266. The normalized spacial score (nSPS) is 32.8. The standard InChI is InChI=1S/C10H13NO2/c11-10-4-3-9(5-7(10)6-12)13-8-1-2-8/h3-6,8-10H,1-2,11H2. The van der Waals surface area contributed by atoms with E-state index in [0.29, 0.717) is 11.7 Å². The van der Waals surface area contributed by atoms with Crippen LogP contribution < -0.4 is 5.73 Å². The molecular formula is C10H13NO2. The zero-order valence-electron chi connectivity index (χ0n) is 7.35. The van der Waals surface area contributed by atoms with Gasteiger partial charge >= 0.3 is 0 Å². The SMILES string of the molecule is NC1C=CC(OC2CC2)C=C1C=O. The van der Waals surface area contributed by atoms with E-state index in [-0.39, 0.29) is 12.1 Å². The largest absolute Gasteiger partial charge is 0.367 e. The fraction of sp³-hybridized carbons (Fsp3) is 0.500. The fourth-order valence-corrected chi connectivity index (χ4v) is 1.33. The van der Waals surface area contributed by atoms with Gasteiger partial charge in [-0.05, 0) is 18.9 Å². The van der Waals surface area contributed by atoms with Crippen LogP contribution in [0.5, 0.6) is 0 Å². The number of carbonyl (C=O) groups excluding carboxylic acids is 1. The minimum atomic E-state index is -0.253. The van der Waals surface area contributed by atoms with Crippen LogP contribution in [0.15, 0.2) is 23.8 Å². The molecular weight excluding hydrogens is 166 g/mol. The van der Waals surface area contributed by atoms with Crippen LogP contribution in [0.4, 0.5) is 0 Å². The molecule has 0 heterocycles. The first kappa shape index (κ1) is 8.66. The molecule has 2 aliphatic carbocycles. The Morgan fingerprint density at radius 3 is 2.85 bits per heavy atom. The molecule has 0 aromatic heterocycles. The molecule has 70 valence electrons. The summed E-state index contributed by atoms with van der Waals surface area (Å²) in [5.74, 6) is 0. The lowest BCUT2D eigenvalue weighted by molar-refractivity contribution is -0.105. The predicted molar refractivity (Wildman–Crippen MR) is 49.2 cm³/mol. The molecule has 2 aliphatic rings. The van der Waals surface area contributed by atoms with Gasteiger partial charge in [0.15, 0.2) is 0 Å². The summed E-state index contributed by atoms with van der Waals surface area (Å²) in [4.78, 5) is 10.6. The van der Waals surface area contributed by atoms with Crippen molar-refractivity contribution in [1.82, 2.24) is 0 Å². The summed E-state index contributed by atoms with van der Waals surface area (Å²) in [5.41, 5.74) is 6.27. The number of carbonyl (C=O) groups is 1. The maximum Gasteiger partial charge on any atom is 0.147 e. The van der Waals surface area contributed by atoms with Crippen molar-refractivity contribution >= 4 is 6.29 Å². The number of ether oxygens (including phenoxy) is 1. The highest BCUT2D eigenvalue weighted by Crippen LogP contribution is 2.27. The molecule has 0 saturated heterocycles. The Morgan fingerprint density at radius 1 is 1.46 bits per heavy atom. The number of aldehydes is 1. The van der Waals surface area contributed by atoms with Crippen molar-refractivity contribution in [2.45, 2.75) is 31.1 Å². The number of hydrogen-bond donors (Lipinski definition) is 1. The van der Waals surface area contributed by atoms with Gasteiger partial charge in [-0.15, -0.1) is 0 Å². The van der Waals surface area contributed by atoms with Crippen molar-refractivity contribution < 1.29 is 9.53 Å². The van der Waals surface area contributed by atoms with E-state index in [1.807, 2.05) is 12.2 Å². The van der Waals surface area contributed by atoms with E-state index < -0.39 is 0 Å². The minimum absolute atomic E-state index is 0.0486. The molecule has 0 aliphatic heterocycles. The first-order valence-corrected chi connectivity index (χ1v) is 4.56. The lowest BCUT2D eigenvalue weighted by Gasteiger charge is -2.17. The zero-order chi connectivity index (χ0) is 9.26. The van der Waals surface area contributed by atoms with Crippen LogP contribution in [0, 0.1) is 0 Å². The molecule has 0 aromatic carbocycles. The van der Waals surface area contributed by atoms with E-state index in [0.717, 1.165) is 19.1 Å². The molecule has 2 N–H and O–H groups in total. The number of nitrogens with two attached hydrogens (primary N) is 1. The molecule has 0 aromatic rings. The van der Waals surface area contributed by atoms with Gasteiger partial charge in [-0.25, -0.2) is 0 Å². The van der Waals surface area contributed by atoms with Crippen molar-refractivity contribution in [3.05, 3.63) is 23.8 Å². The quantitative estimate of drug-likeness (QED) is 0.508. The molecule has 2 rings (SSSR count). The first-order chi connectivity index (χ1) is 6.29. The second-order valence-electron chi connectivity index (χ2n) is 3.50. The third-order valence-electron chi connectivity index (χ3n) is 2.26. The summed E-state index contributed by atoms with van der Waals surface area (Å²) in [6.07, 6.45) is 8.96. The third kappa shape index (κ3) is 2.05. The first-order valence-electron chi connectivity index (χ1n) is 4.56. The van der Waals surface area contributed by atoms with Crippen LogP contribution in [0.2, 0.25) is 0 Å². The van der Waals surface area contributed by atoms with Crippen molar-refractivity contribution in [3.8, 4) is 0 Å². The van der Waals surface area contributed by atoms with Gasteiger partial charge in [-0.2, -0.15) is 0 Å². The summed E-state index contributed by atoms with van der Waals surface area (Å²) in [7, 11) is 0. The maximum atomic E-state index is 10.6. The minimum Gasteiger partial charge on any atom is -0.367 e. The van der Waals surface area contributed by atoms with Crippen LogP contribution in [-0.4, -0.2) is 24.5 Å². The highest BCUT2D eigenvalue weighted by molar-refractivity contribution is 5.76. The summed E-state index contributed by atoms with van der Waals surface area (Å²) in [6, 6.07) is -0.253. The van der Waals surface area contributed by atoms with E-state index in [2.05, 4.69) is 0 Å². The second-order valence-corrected chi connectivity index (χ2v) is 3.50. The van der Waals surface area contributed by atoms with Gasteiger partial charge in [0.05, 0.1) is 18.2 Å². The maximum absolute atomic E-state index is 10.6. The van der Waals surface area contributed by atoms with Gasteiger partial charge in [0.2, 0.25) is 0 Å². The van der Waals surface area contributed by atoms with Crippen molar-refractivity contribution in [2.24, 2.45) is 5.73 Å². The molecule has 2 atom stereocenters. The van der Waals surface area contributed by atoms with Crippen LogP contribution in [0.1, 0.15) is 12.8 Å². The van der Waals surface area contributed by atoms with E-state index in [1.54, 1.807) is 6.08 Å². The highest BCUT2D eigenvalue weighted by atomic mass is 16.5. The van der Waals surface area contributed by atoms with Crippen LogP contribution in [-0.2, 0) is 9.53 Å². The third-order valence-corrected chi connectivity index (χ3v) is 2.26. The van der Waals surface area contributed by atoms with Gasteiger partial charge in [0, 0.05) is 5.57 Å². The lowest BCUT2D eigenvalue weighted by Crippen LogP contribution is -2.26. The van der Waals surface area contributed by atoms with Crippen LogP contribution in [0.3, 0.4) is 0 Å². The number of rotatable bonds is 3. The van der Waals surface area contributed by atoms with E-state index >= 15 is 0 Å². The van der Waals surface area contributed by atoms with Crippen molar-refractivity contribution in [2.75, 3.05) is 0 Å². The Hall–Kier alpha value is -0.930. The Balaban J connectivity index is 2.00. The molecule has 3 heteroatoms. The molecule has 0 spiro atoms. The molecule has 0 amide bonds. The smallest absolute Gasteiger partial charge is 0.147 e. The predicted octanol–water partition coefficient (Wildman–Crippen LogP) is 0.556. The van der Waals surface area contributed by atoms with E-state index in [1.165, 1.54) is 0 Å². The van der Waals surface area contributed by atoms with Gasteiger partial charge < -0.3 is 10.5 Å². The average Bonchev–Trinajstić information content (AvgIpc) is 2.92. The van der Waals surface area contributed by atoms with E-state index in [4.69, 9.17) is 10.5 Å².